The second-order valence-electron chi connectivity index (χ2n) is 12.5. The smallest absolute Gasteiger partial charge is 0.238 e. The number of nitrogens with zero attached hydrogens (tertiary/aromatic N) is 5. The number of fused-ring (bicyclic) bond motifs is 6. The molecule has 0 unspecified atom stereocenters. The van der Waals surface area contributed by atoms with Gasteiger partial charge in [0.1, 0.15) is 0 Å². The number of hydrogen-bond donors (Lipinski definition) is 0. The van der Waals surface area contributed by atoms with Gasteiger partial charge in [-0.15, -0.1) is 0 Å². The van der Waals surface area contributed by atoms with Crippen LogP contribution in [0.4, 0.5) is 0 Å². The highest BCUT2D eigenvalue weighted by Gasteiger charge is 2.22. The summed E-state index contributed by atoms with van der Waals surface area (Å²) in [6.07, 6.45) is 0. The lowest BCUT2D eigenvalue weighted by Crippen LogP contribution is -2.06. The van der Waals surface area contributed by atoms with Crippen LogP contribution in [0.5, 0.6) is 0 Å². The van der Waals surface area contributed by atoms with E-state index in [4.69, 9.17) is 15.0 Å². The molecule has 234 valence electrons. The standard InChI is InChI=1S/C45H29N5/c1-4-16-30(17-5-1)43-46-44(31-18-6-2-7-19-31)48-45(47-43)50-39-28-13-11-23-37(39)41-34(24-15-29-40(41)50)36-26-14-25-35-33-22-10-12-27-38(33)49(42(35)36)32-20-8-3-9-21-32/h1-29H. The van der Waals surface area contributed by atoms with E-state index in [1.165, 1.54) is 27.4 Å². The molecule has 10 rings (SSSR count). The van der Waals surface area contributed by atoms with E-state index in [0.29, 0.717) is 17.6 Å². The van der Waals surface area contributed by atoms with Crippen molar-refractivity contribution in [2.75, 3.05) is 0 Å². The normalized spacial score (nSPS) is 11.6. The summed E-state index contributed by atoms with van der Waals surface area (Å²) in [7, 11) is 0. The maximum atomic E-state index is 5.14. The summed E-state index contributed by atoms with van der Waals surface area (Å²) >= 11 is 0. The maximum Gasteiger partial charge on any atom is 0.238 e. The van der Waals surface area contributed by atoms with Crippen LogP contribution in [0.25, 0.3) is 89.2 Å². The first-order chi connectivity index (χ1) is 24.8. The number of aromatic nitrogens is 5. The summed E-state index contributed by atoms with van der Waals surface area (Å²) in [5.74, 6) is 1.85. The number of para-hydroxylation sites is 4. The molecule has 0 saturated carbocycles. The van der Waals surface area contributed by atoms with E-state index in [0.717, 1.165) is 44.2 Å². The number of benzene rings is 7. The Bertz CT molecular complexity index is 2800. The van der Waals surface area contributed by atoms with Crippen LogP contribution in [0.2, 0.25) is 0 Å². The van der Waals surface area contributed by atoms with Crippen LogP contribution in [0, 0.1) is 0 Å². The average Bonchev–Trinajstić information content (AvgIpc) is 3.72. The molecule has 0 fully saturated rings. The molecule has 0 amide bonds. The lowest BCUT2D eigenvalue weighted by atomic mass is 9.97. The summed E-state index contributed by atoms with van der Waals surface area (Å²) < 4.78 is 4.60. The number of rotatable bonds is 5. The molecule has 0 N–H and O–H groups in total. The summed E-state index contributed by atoms with van der Waals surface area (Å²) in [5, 5.41) is 4.75. The number of hydrogen-bond acceptors (Lipinski definition) is 3. The van der Waals surface area contributed by atoms with Crippen molar-refractivity contribution in [2.45, 2.75) is 0 Å². The topological polar surface area (TPSA) is 48.5 Å². The highest BCUT2D eigenvalue weighted by Crippen LogP contribution is 2.43. The van der Waals surface area contributed by atoms with Crippen molar-refractivity contribution in [3.63, 3.8) is 0 Å². The minimum atomic E-state index is 0.581. The van der Waals surface area contributed by atoms with Gasteiger partial charge in [0.2, 0.25) is 5.95 Å². The largest absolute Gasteiger partial charge is 0.309 e. The average molecular weight is 640 g/mol. The van der Waals surface area contributed by atoms with Crippen molar-refractivity contribution < 1.29 is 0 Å². The van der Waals surface area contributed by atoms with E-state index < -0.39 is 0 Å². The van der Waals surface area contributed by atoms with Crippen LogP contribution >= 0.6 is 0 Å². The predicted molar refractivity (Wildman–Crippen MR) is 205 cm³/mol. The molecule has 0 atom stereocenters. The van der Waals surface area contributed by atoms with Gasteiger partial charge in [-0.2, -0.15) is 9.97 Å². The third kappa shape index (κ3) is 4.37. The first kappa shape index (κ1) is 28.2. The third-order valence-corrected chi connectivity index (χ3v) is 9.58. The zero-order valence-corrected chi connectivity index (χ0v) is 27.0. The van der Waals surface area contributed by atoms with Gasteiger partial charge in [0.25, 0.3) is 0 Å². The molecular formula is C45H29N5. The zero-order chi connectivity index (χ0) is 33.0. The Morgan fingerprint density at radius 1 is 0.340 bits per heavy atom. The molecule has 0 aliphatic carbocycles. The van der Waals surface area contributed by atoms with Crippen molar-refractivity contribution in [3.05, 3.63) is 176 Å². The molecule has 5 heteroatoms. The molecule has 0 aliphatic rings. The van der Waals surface area contributed by atoms with E-state index >= 15 is 0 Å². The first-order valence-electron chi connectivity index (χ1n) is 16.8. The van der Waals surface area contributed by atoms with Gasteiger partial charge in [0.05, 0.1) is 22.1 Å². The Labute approximate surface area is 288 Å². The van der Waals surface area contributed by atoms with Crippen molar-refractivity contribution >= 4 is 43.6 Å². The van der Waals surface area contributed by atoms with Crippen molar-refractivity contribution in [2.24, 2.45) is 0 Å². The van der Waals surface area contributed by atoms with E-state index in [2.05, 4.69) is 124 Å². The fraction of sp³-hybridized carbons (Fsp3) is 0. The molecule has 7 aromatic carbocycles. The quantitative estimate of drug-likeness (QED) is 0.188. The van der Waals surface area contributed by atoms with Crippen LogP contribution in [-0.2, 0) is 0 Å². The van der Waals surface area contributed by atoms with Gasteiger partial charge >= 0.3 is 0 Å². The van der Waals surface area contributed by atoms with Crippen LogP contribution in [0.1, 0.15) is 0 Å². The SMILES string of the molecule is c1ccc(-c2nc(-c3ccccc3)nc(-n3c4ccccc4c4c(-c5cccc6c7ccccc7n(-c7ccccc7)c56)cccc43)n2)cc1. The van der Waals surface area contributed by atoms with Crippen LogP contribution < -0.4 is 0 Å². The Kier molecular flexibility index (Phi) is 6.42. The lowest BCUT2D eigenvalue weighted by Gasteiger charge is -2.13. The van der Waals surface area contributed by atoms with Crippen molar-refractivity contribution in [1.82, 2.24) is 24.1 Å². The minimum Gasteiger partial charge on any atom is -0.309 e. The van der Waals surface area contributed by atoms with Gasteiger partial charge < -0.3 is 4.57 Å². The molecule has 0 spiro atoms. The molecule has 5 nitrogen and oxygen atoms in total. The highest BCUT2D eigenvalue weighted by molar-refractivity contribution is 6.20. The maximum absolute atomic E-state index is 5.14. The second-order valence-corrected chi connectivity index (χ2v) is 12.5. The Morgan fingerprint density at radius 3 is 1.52 bits per heavy atom. The summed E-state index contributed by atoms with van der Waals surface area (Å²) in [4.78, 5) is 15.3. The second kappa shape index (κ2) is 11.4. The fourth-order valence-corrected chi connectivity index (χ4v) is 7.44. The molecule has 0 aliphatic heterocycles. The molecule has 10 aromatic rings. The van der Waals surface area contributed by atoms with Gasteiger partial charge in [-0.05, 0) is 35.9 Å². The summed E-state index contributed by atoms with van der Waals surface area (Å²) in [6, 6.07) is 61.4. The molecule has 3 aromatic heterocycles. The predicted octanol–water partition coefficient (Wildman–Crippen LogP) is 11.1. The van der Waals surface area contributed by atoms with E-state index in [-0.39, 0.29) is 0 Å². The van der Waals surface area contributed by atoms with Gasteiger partial charge in [-0.25, -0.2) is 4.98 Å². The van der Waals surface area contributed by atoms with E-state index in [1.54, 1.807) is 0 Å². The Balaban J connectivity index is 1.30. The Hall–Kier alpha value is -6.85. The molecule has 3 heterocycles. The van der Waals surface area contributed by atoms with Crippen LogP contribution in [0.3, 0.4) is 0 Å². The van der Waals surface area contributed by atoms with Crippen molar-refractivity contribution in [3.8, 4) is 45.5 Å². The molecule has 0 saturated heterocycles. The van der Waals surface area contributed by atoms with Gasteiger partial charge in [0.15, 0.2) is 11.6 Å². The van der Waals surface area contributed by atoms with Crippen LogP contribution in [-0.4, -0.2) is 24.1 Å². The van der Waals surface area contributed by atoms with Gasteiger partial charge in [0, 0.05) is 43.9 Å². The third-order valence-electron chi connectivity index (χ3n) is 9.58. The highest BCUT2D eigenvalue weighted by atomic mass is 15.2. The fourth-order valence-electron chi connectivity index (χ4n) is 7.44. The van der Waals surface area contributed by atoms with Gasteiger partial charge in [-0.1, -0.05) is 146 Å². The van der Waals surface area contributed by atoms with E-state index in [9.17, 15) is 0 Å². The van der Waals surface area contributed by atoms with Crippen LogP contribution in [0.15, 0.2) is 176 Å². The van der Waals surface area contributed by atoms with E-state index in [1.807, 2.05) is 60.7 Å². The zero-order valence-electron chi connectivity index (χ0n) is 27.0. The molecule has 0 radical (unpaired) electrons. The minimum absolute atomic E-state index is 0.581. The molecule has 0 bridgehead atoms. The summed E-state index contributed by atoms with van der Waals surface area (Å²) in [5.41, 5.74) is 9.77. The van der Waals surface area contributed by atoms with Gasteiger partial charge in [-0.3, -0.25) is 4.57 Å². The Morgan fingerprint density at radius 2 is 0.840 bits per heavy atom. The lowest BCUT2D eigenvalue weighted by molar-refractivity contribution is 0.953. The first-order valence-corrected chi connectivity index (χ1v) is 16.8. The van der Waals surface area contributed by atoms with Crippen molar-refractivity contribution in [1.29, 1.82) is 0 Å². The monoisotopic (exact) mass is 639 g/mol. The molecular weight excluding hydrogens is 611 g/mol. The molecule has 50 heavy (non-hydrogen) atoms. The summed E-state index contributed by atoms with van der Waals surface area (Å²) in [6.45, 7) is 0.